The molecular weight excluding hydrogens is 430 g/mol. The monoisotopic (exact) mass is 449 g/mol. The smallest absolute Gasteiger partial charge is 0.407 e. The lowest BCUT2D eigenvalue weighted by atomic mass is 10.2. The second-order valence-corrected chi connectivity index (χ2v) is 10.5. The molecule has 30 heavy (non-hydrogen) atoms. The zero-order valence-electron chi connectivity index (χ0n) is 16.1. The number of rotatable bonds is 6. The number of benzene rings is 1. The molecule has 0 aliphatic carbocycles. The normalized spacial score (nSPS) is 11.9. The van der Waals surface area contributed by atoms with Gasteiger partial charge in [-0.05, 0) is 42.0 Å². The first kappa shape index (κ1) is 21.5. The molecular formula is C19H19N3O6S2. The van der Waals surface area contributed by atoms with E-state index in [1.165, 1.54) is 37.6 Å². The molecule has 9 nitrogen and oxygen atoms in total. The van der Waals surface area contributed by atoms with Crippen molar-refractivity contribution in [3.8, 4) is 11.3 Å². The summed E-state index contributed by atoms with van der Waals surface area (Å²) in [5.41, 5.74) is 1.23. The van der Waals surface area contributed by atoms with Gasteiger partial charge in [0.1, 0.15) is 0 Å². The van der Waals surface area contributed by atoms with Crippen molar-refractivity contribution in [3.05, 3.63) is 66.6 Å². The van der Waals surface area contributed by atoms with Crippen molar-refractivity contribution in [2.75, 3.05) is 13.3 Å². The van der Waals surface area contributed by atoms with E-state index in [-0.39, 0.29) is 22.0 Å². The molecule has 2 heterocycles. The third kappa shape index (κ3) is 4.36. The van der Waals surface area contributed by atoms with Gasteiger partial charge in [0.25, 0.3) is 10.0 Å². The van der Waals surface area contributed by atoms with Crippen molar-refractivity contribution in [3.63, 3.8) is 0 Å². The minimum Gasteiger partial charge on any atom is -0.465 e. The maximum atomic E-state index is 13.4. The Morgan fingerprint density at radius 3 is 2.40 bits per heavy atom. The molecule has 11 heteroatoms. The van der Waals surface area contributed by atoms with Gasteiger partial charge in [-0.15, -0.1) is 0 Å². The van der Waals surface area contributed by atoms with Gasteiger partial charge in [-0.2, -0.15) is 0 Å². The number of sulfone groups is 1. The van der Waals surface area contributed by atoms with Crippen LogP contribution in [0, 0.1) is 0 Å². The van der Waals surface area contributed by atoms with Gasteiger partial charge in [0.05, 0.1) is 22.0 Å². The second kappa shape index (κ2) is 7.92. The Kier molecular flexibility index (Phi) is 5.68. The van der Waals surface area contributed by atoms with Gasteiger partial charge < -0.3 is 10.0 Å². The Hall–Kier alpha value is -3.18. The van der Waals surface area contributed by atoms with Gasteiger partial charge >= 0.3 is 6.09 Å². The molecule has 2 aromatic heterocycles. The molecule has 0 aliphatic rings. The number of pyridine rings is 1. The molecule has 0 spiro atoms. The van der Waals surface area contributed by atoms with Gasteiger partial charge in [0.15, 0.2) is 9.84 Å². The summed E-state index contributed by atoms with van der Waals surface area (Å²) in [5, 5.41) is 9.12. The van der Waals surface area contributed by atoms with Crippen molar-refractivity contribution in [1.82, 2.24) is 13.9 Å². The topological polar surface area (TPSA) is 127 Å². The Labute approximate surface area is 174 Å². The first-order valence-corrected chi connectivity index (χ1v) is 11.9. The summed E-state index contributed by atoms with van der Waals surface area (Å²) in [5.74, 6) is 0. The highest BCUT2D eigenvalue weighted by Gasteiger charge is 2.24. The van der Waals surface area contributed by atoms with Gasteiger partial charge in [-0.25, -0.2) is 25.6 Å². The number of carbonyl (C=O) groups is 1. The van der Waals surface area contributed by atoms with Gasteiger partial charge in [0.2, 0.25) is 0 Å². The van der Waals surface area contributed by atoms with Crippen molar-refractivity contribution in [1.29, 1.82) is 0 Å². The highest BCUT2D eigenvalue weighted by molar-refractivity contribution is 7.91. The summed E-state index contributed by atoms with van der Waals surface area (Å²) in [4.78, 5) is 15.9. The van der Waals surface area contributed by atoms with Crippen molar-refractivity contribution >= 4 is 26.0 Å². The molecule has 0 aliphatic heterocycles. The maximum absolute atomic E-state index is 13.4. The molecule has 0 fully saturated rings. The Morgan fingerprint density at radius 1 is 1.10 bits per heavy atom. The molecule has 158 valence electrons. The molecule has 0 saturated heterocycles. The molecule has 3 rings (SSSR count). The third-order valence-electron chi connectivity index (χ3n) is 4.34. The van der Waals surface area contributed by atoms with E-state index in [2.05, 4.69) is 4.98 Å². The van der Waals surface area contributed by atoms with Crippen molar-refractivity contribution in [2.24, 2.45) is 0 Å². The summed E-state index contributed by atoms with van der Waals surface area (Å²) < 4.78 is 51.4. The number of aromatic nitrogens is 2. The lowest BCUT2D eigenvalue weighted by molar-refractivity contribution is 0.154. The standard InChI is InChI=1S/C19H19N3O6S2/c1-21(19(23)24)12-14-9-18(15-5-4-8-20-11-15)22(13-14)30(27,28)17-7-3-6-16(10-17)29(2,25)26/h3-11,13H,12H2,1-2H3,(H,23,24). The van der Waals surface area contributed by atoms with E-state index < -0.39 is 26.0 Å². The second-order valence-electron chi connectivity index (χ2n) is 6.66. The molecule has 1 aromatic carbocycles. The molecule has 0 atom stereocenters. The number of hydrogen-bond donors (Lipinski definition) is 1. The zero-order valence-corrected chi connectivity index (χ0v) is 17.8. The molecule has 3 aromatic rings. The summed E-state index contributed by atoms with van der Waals surface area (Å²) in [7, 11) is -6.41. The lowest BCUT2D eigenvalue weighted by Gasteiger charge is -2.12. The van der Waals surface area contributed by atoms with Crippen LogP contribution in [-0.4, -0.2) is 55.2 Å². The predicted octanol–water partition coefficient (Wildman–Crippen LogP) is 2.30. The van der Waals surface area contributed by atoms with E-state index in [0.29, 0.717) is 11.1 Å². The van der Waals surface area contributed by atoms with Crippen LogP contribution in [0.3, 0.4) is 0 Å². The van der Waals surface area contributed by atoms with Gasteiger partial charge in [-0.1, -0.05) is 6.07 Å². The zero-order chi connectivity index (χ0) is 22.1. The minimum absolute atomic E-state index is 0.0332. The average molecular weight is 450 g/mol. The molecule has 0 radical (unpaired) electrons. The largest absolute Gasteiger partial charge is 0.465 e. The fourth-order valence-corrected chi connectivity index (χ4v) is 5.01. The Morgan fingerprint density at radius 2 is 1.80 bits per heavy atom. The first-order chi connectivity index (χ1) is 14.0. The third-order valence-corrected chi connectivity index (χ3v) is 7.12. The predicted molar refractivity (Wildman–Crippen MR) is 109 cm³/mol. The van der Waals surface area contributed by atoms with E-state index in [0.717, 1.165) is 21.2 Å². The van der Waals surface area contributed by atoms with Crippen LogP contribution in [-0.2, 0) is 26.4 Å². The number of carboxylic acid groups (broad SMARTS) is 1. The molecule has 0 unspecified atom stereocenters. The van der Waals surface area contributed by atoms with Crippen LogP contribution in [0.2, 0.25) is 0 Å². The summed E-state index contributed by atoms with van der Waals surface area (Å²) in [6, 6.07) is 9.96. The van der Waals surface area contributed by atoms with E-state index in [9.17, 15) is 21.6 Å². The summed E-state index contributed by atoms with van der Waals surface area (Å²) in [6.45, 7) is -0.0332. The van der Waals surface area contributed by atoms with Crippen LogP contribution >= 0.6 is 0 Å². The molecule has 1 N–H and O–H groups in total. The molecule has 0 bridgehead atoms. The van der Waals surface area contributed by atoms with E-state index in [1.807, 2.05) is 0 Å². The fourth-order valence-electron chi connectivity index (χ4n) is 2.83. The number of amides is 1. The van der Waals surface area contributed by atoms with E-state index in [1.54, 1.807) is 24.4 Å². The minimum atomic E-state index is -4.18. The maximum Gasteiger partial charge on any atom is 0.407 e. The van der Waals surface area contributed by atoms with Crippen LogP contribution in [0.1, 0.15) is 5.56 Å². The van der Waals surface area contributed by atoms with Crippen LogP contribution in [0.4, 0.5) is 4.79 Å². The van der Waals surface area contributed by atoms with Crippen molar-refractivity contribution < 1.29 is 26.7 Å². The lowest BCUT2D eigenvalue weighted by Crippen LogP contribution is -2.23. The highest BCUT2D eigenvalue weighted by atomic mass is 32.2. The van der Waals surface area contributed by atoms with E-state index in [4.69, 9.17) is 5.11 Å². The summed E-state index contributed by atoms with van der Waals surface area (Å²) in [6.07, 6.45) is 4.19. The van der Waals surface area contributed by atoms with Gasteiger partial charge in [-0.3, -0.25) is 4.98 Å². The quantitative estimate of drug-likeness (QED) is 0.612. The first-order valence-electron chi connectivity index (χ1n) is 8.61. The highest BCUT2D eigenvalue weighted by Crippen LogP contribution is 2.28. The van der Waals surface area contributed by atoms with Crippen LogP contribution in [0.5, 0.6) is 0 Å². The van der Waals surface area contributed by atoms with Crippen LogP contribution in [0.25, 0.3) is 11.3 Å². The fraction of sp³-hybridized carbons (Fsp3) is 0.158. The van der Waals surface area contributed by atoms with Crippen LogP contribution < -0.4 is 0 Å². The van der Waals surface area contributed by atoms with E-state index >= 15 is 0 Å². The molecule has 1 amide bonds. The number of hydrogen-bond acceptors (Lipinski definition) is 6. The van der Waals surface area contributed by atoms with Crippen molar-refractivity contribution in [2.45, 2.75) is 16.3 Å². The average Bonchev–Trinajstić information content (AvgIpc) is 3.12. The Balaban J connectivity index is 2.18. The van der Waals surface area contributed by atoms with Crippen LogP contribution in [0.15, 0.2) is 70.8 Å². The summed E-state index contributed by atoms with van der Waals surface area (Å²) >= 11 is 0. The molecule has 0 saturated carbocycles. The number of nitrogens with zero attached hydrogens (tertiary/aromatic N) is 3. The SMILES string of the molecule is CN(Cc1cc(-c2cccnc2)n(S(=O)(=O)c2cccc(S(C)(=O)=O)c2)c1)C(=O)O. The Bertz CT molecular complexity index is 1300. The van der Waals surface area contributed by atoms with Gasteiger partial charge in [0, 0.05) is 37.5 Å².